The lowest BCUT2D eigenvalue weighted by atomic mass is 9.99. The maximum Gasteiger partial charge on any atom is 0.187 e. The van der Waals surface area contributed by atoms with Gasteiger partial charge in [-0.05, 0) is 32.9 Å². The van der Waals surface area contributed by atoms with E-state index in [9.17, 15) is 18.7 Å². The molecule has 0 saturated heterocycles. The first-order chi connectivity index (χ1) is 9.20. The van der Waals surface area contributed by atoms with Gasteiger partial charge >= 0.3 is 0 Å². The molecule has 0 aliphatic rings. The van der Waals surface area contributed by atoms with Crippen LogP contribution in [0.3, 0.4) is 0 Å². The number of aliphatic hydroxyl groups is 1. The molecular formula is C15H15F2NO2. The molecule has 1 heterocycles. The van der Waals surface area contributed by atoms with Crippen molar-refractivity contribution in [3.05, 3.63) is 63.6 Å². The lowest BCUT2D eigenvalue weighted by Crippen LogP contribution is -2.27. The Kier molecular flexibility index (Phi) is 3.48. The minimum atomic E-state index is -1.36. The predicted octanol–water partition coefficient (Wildman–Crippen LogP) is 2.65. The number of pyridine rings is 1. The van der Waals surface area contributed by atoms with Gasteiger partial charge in [-0.15, -0.1) is 0 Å². The van der Waals surface area contributed by atoms with Crippen molar-refractivity contribution >= 4 is 0 Å². The largest absolute Gasteiger partial charge is 0.386 e. The molecule has 106 valence electrons. The van der Waals surface area contributed by atoms with Crippen LogP contribution in [0.25, 0.3) is 5.69 Å². The van der Waals surface area contributed by atoms with Gasteiger partial charge in [0.05, 0.1) is 11.3 Å². The van der Waals surface area contributed by atoms with E-state index >= 15 is 0 Å². The molecular weight excluding hydrogens is 264 g/mol. The molecule has 0 atom stereocenters. The first kappa shape index (κ1) is 14.4. The topological polar surface area (TPSA) is 42.2 Å². The Hall–Kier alpha value is -2.01. The highest BCUT2D eigenvalue weighted by molar-refractivity contribution is 5.38. The normalized spacial score (nSPS) is 11.7. The van der Waals surface area contributed by atoms with Crippen LogP contribution in [-0.4, -0.2) is 9.67 Å². The summed E-state index contributed by atoms with van der Waals surface area (Å²) in [6.45, 7) is 4.54. The average Bonchev–Trinajstić information content (AvgIpc) is 2.31. The Morgan fingerprint density at radius 1 is 1.20 bits per heavy atom. The van der Waals surface area contributed by atoms with Gasteiger partial charge in [0.2, 0.25) is 0 Å². The van der Waals surface area contributed by atoms with Gasteiger partial charge in [0.15, 0.2) is 5.43 Å². The summed E-state index contributed by atoms with van der Waals surface area (Å²) in [5.41, 5.74) is -1.15. The quantitative estimate of drug-likeness (QED) is 0.918. The zero-order valence-electron chi connectivity index (χ0n) is 11.4. The van der Waals surface area contributed by atoms with Gasteiger partial charge in [0.25, 0.3) is 0 Å². The molecule has 3 nitrogen and oxygen atoms in total. The minimum absolute atomic E-state index is 0.00648. The molecule has 2 rings (SSSR count). The van der Waals surface area contributed by atoms with Crippen LogP contribution in [0.2, 0.25) is 0 Å². The second kappa shape index (κ2) is 4.83. The van der Waals surface area contributed by atoms with Gasteiger partial charge in [-0.25, -0.2) is 8.78 Å². The maximum atomic E-state index is 13.8. The highest BCUT2D eigenvalue weighted by atomic mass is 19.1. The Morgan fingerprint density at radius 2 is 1.85 bits per heavy atom. The molecule has 0 radical (unpaired) electrons. The van der Waals surface area contributed by atoms with Gasteiger partial charge < -0.3 is 9.67 Å². The van der Waals surface area contributed by atoms with E-state index in [0.29, 0.717) is 5.69 Å². The Balaban J connectivity index is 2.75. The molecule has 0 saturated carbocycles. The molecule has 1 N–H and O–H groups in total. The molecule has 0 spiro atoms. The van der Waals surface area contributed by atoms with Gasteiger partial charge in [-0.3, -0.25) is 4.79 Å². The minimum Gasteiger partial charge on any atom is -0.386 e. The van der Waals surface area contributed by atoms with E-state index in [4.69, 9.17) is 0 Å². The van der Waals surface area contributed by atoms with Gasteiger partial charge in [-0.1, -0.05) is 0 Å². The number of aromatic nitrogens is 1. The third kappa shape index (κ3) is 2.63. The van der Waals surface area contributed by atoms with E-state index in [1.54, 1.807) is 6.92 Å². The summed E-state index contributed by atoms with van der Waals surface area (Å²) >= 11 is 0. The summed E-state index contributed by atoms with van der Waals surface area (Å²) < 4.78 is 28.5. The monoisotopic (exact) mass is 279 g/mol. The summed E-state index contributed by atoms with van der Waals surface area (Å²) in [6, 6.07) is 4.37. The van der Waals surface area contributed by atoms with Crippen molar-refractivity contribution in [2.75, 3.05) is 0 Å². The molecule has 1 aromatic heterocycles. The summed E-state index contributed by atoms with van der Waals surface area (Å²) in [5, 5.41) is 9.97. The third-order valence-electron chi connectivity index (χ3n) is 3.07. The maximum absolute atomic E-state index is 13.8. The summed E-state index contributed by atoms with van der Waals surface area (Å²) in [6.07, 6.45) is 1.34. The fourth-order valence-electron chi connectivity index (χ4n) is 2.02. The number of halogens is 2. The smallest absolute Gasteiger partial charge is 0.187 e. The van der Waals surface area contributed by atoms with Gasteiger partial charge in [0.1, 0.15) is 11.6 Å². The van der Waals surface area contributed by atoms with Crippen LogP contribution >= 0.6 is 0 Å². The molecule has 0 aliphatic carbocycles. The second-order valence-electron chi connectivity index (χ2n) is 5.22. The van der Waals surface area contributed by atoms with E-state index < -0.39 is 17.2 Å². The van der Waals surface area contributed by atoms with Crippen LogP contribution in [0.1, 0.15) is 25.1 Å². The highest BCUT2D eigenvalue weighted by Crippen LogP contribution is 2.21. The Bertz CT molecular complexity index is 715. The zero-order chi connectivity index (χ0) is 15.1. The average molecular weight is 279 g/mol. The third-order valence-corrected chi connectivity index (χ3v) is 3.07. The van der Waals surface area contributed by atoms with Crippen molar-refractivity contribution < 1.29 is 13.9 Å². The van der Waals surface area contributed by atoms with Crippen LogP contribution in [-0.2, 0) is 5.60 Å². The first-order valence-corrected chi connectivity index (χ1v) is 6.12. The van der Waals surface area contributed by atoms with Crippen LogP contribution in [0, 0.1) is 18.6 Å². The molecule has 0 unspecified atom stereocenters. The number of rotatable bonds is 2. The Labute approximate surface area is 115 Å². The molecule has 5 heteroatoms. The second-order valence-corrected chi connectivity index (χ2v) is 5.22. The lowest BCUT2D eigenvalue weighted by Gasteiger charge is -2.20. The van der Waals surface area contributed by atoms with Crippen molar-refractivity contribution in [1.82, 2.24) is 4.57 Å². The van der Waals surface area contributed by atoms with E-state index in [1.807, 2.05) is 0 Å². The summed E-state index contributed by atoms with van der Waals surface area (Å²) in [7, 11) is 0. The zero-order valence-corrected chi connectivity index (χ0v) is 11.4. The van der Waals surface area contributed by atoms with Crippen molar-refractivity contribution in [3.63, 3.8) is 0 Å². The van der Waals surface area contributed by atoms with Gasteiger partial charge in [0, 0.05) is 29.6 Å². The van der Waals surface area contributed by atoms with Crippen molar-refractivity contribution in [3.8, 4) is 5.69 Å². The fourth-order valence-corrected chi connectivity index (χ4v) is 2.02. The molecule has 20 heavy (non-hydrogen) atoms. The van der Waals surface area contributed by atoms with E-state index in [-0.39, 0.29) is 16.7 Å². The van der Waals surface area contributed by atoms with Crippen molar-refractivity contribution in [2.45, 2.75) is 26.4 Å². The van der Waals surface area contributed by atoms with Crippen LogP contribution in [0.5, 0.6) is 0 Å². The van der Waals surface area contributed by atoms with Gasteiger partial charge in [-0.2, -0.15) is 0 Å². The molecule has 0 bridgehead atoms. The predicted molar refractivity (Wildman–Crippen MR) is 71.9 cm³/mol. The number of aryl methyl sites for hydroxylation is 1. The molecule has 1 aromatic carbocycles. The van der Waals surface area contributed by atoms with E-state index in [0.717, 1.165) is 18.2 Å². The van der Waals surface area contributed by atoms with E-state index in [1.165, 1.54) is 30.7 Å². The summed E-state index contributed by atoms with van der Waals surface area (Å²) in [4.78, 5) is 11.9. The molecule has 0 aliphatic heterocycles. The van der Waals surface area contributed by atoms with Crippen molar-refractivity contribution in [1.29, 1.82) is 0 Å². The van der Waals surface area contributed by atoms with Crippen LogP contribution in [0.4, 0.5) is 8.78 Å². The number of hydrogen-bond donors (Lipinski definition) is 1. The van der Waals surface area contributed by atoms with Crippen LogP contribution in [0.15, 0.2) is 35.3 Å². The Morgan fingerprint density at radius 3 is 2.45 bits per heavy atom. The first-order valence-electron chi connectivity index (χ1n) is 6.12. The summed E-state index contributed by atoms with van der Waals surface area (Å²) in [5.74, 6) is -1.19. The molecule has 2 aromatic rings. The standard InChI is InChI=1S/C15H15F2NO2/c1-9-6-14(19)11(15(2,3)20)8-18(9)13-7-10(16)4-5-12(13)17/h4-8,20H,1-3H3. The fraction of sp³-hybridized carbons (Fsp3) is 0.267. The van der Waals surface area contributed by atoms with E-state index in [2.05, 4.69) is 0 Å². The lowest BCUT2D eigenvalue weighted by molar-refractivity contribution is 0.0769. The molecule has 0 amide bonds. The highest BCUT2D eigenvalue weighted by Gasteiger charge is 2.21. The van der Waals surface area contributed by atoms with Crippen LogP contribution < -0.4 is 5.43 Å². The SMILES string of the molecule is Cc1cc(=O)c(C(C)(C)O)cn1-c1cc(F)ccc1F. The number of benzene rings is 1. The number of hydrogen-bond acceptors (Lipinski definition) is 2. The molecule has 0 fully saturated rings. The van der Waals surface area contributed by atoms with Crippen molar-refractivity contribution in [2.24, 2.45) is 0 Å². The number of nitrogens with zero attached hydrogens (tertiary/aromatic N) is 1.